The summed E-state index contributed by atoms with van der Waals surface area (Å²) in [5, 5.41) is 7.22. The summed E-state index contributed by atoms with van der Waals surface area (Å²) in [6.45, 7) is 3.95. The molecule has 1 aliphatic heterocycles. The van der Waals surface area contributed by atoms with E-state index in [-0.39, 0.29) is 5.84 Å². The molecular formula is C10H21N3O. The molecule has 1 rings (SSSR count). The van der Waals surface area contributed by atoms with Crippen LogP contribution in [-0.2, 0) is 4.74 Å². The van der Waals surface area contributed by atoms with E-state index in [1.54, 1.807) is 0 Å². The first kappa shape index (κ1) is 11.5. The molecule has 82 valence electrons. The van der Waals surface area contributed by atoms with Crippen molar-refractivity contribution in [1.82, 2.24) is 4.90 Å². The smallest absolute Gasteiger partial charge is 0.0920 e. The van der Waals surface area contributed by atoms with E-state index in [9.17, 15) is 0 Å². The SMILES string of the molecule is CC(CC(=N)N)N(C)CC1CCCO1. The standard InChI is InChI=1S/C10H21N3O/c1-8(6-10(11)12)13(2)7-9-4-3-5-14-9/h8-9H,3-7H2,1-2H3,(H3,11,12). The van der Waals surface area contributed by atoms with Crippen molar-refractivity contribution in [3.63, 3.8) is 0 Å². The van der Waals surface area contributed by atoms with Gasteiger partial charge in [-0.25, -0.2) is 0 Å². The summed E-state index contributed by atoms with van der Waals surface area (Å²) in [5.74, 6) is 0.261. The molecular weight excluding hydrogens is 178 g/mol. The average Bonchev–Trinajstić information content (AvgIpc) is 2.55. The van der Waals surface area contributed by atoms with Crippen molar-refractivity contribution in [1.29, 1.82) is 5.41 Å². The first-order valence-electron chi connectivity index (χ1n) is 5.24. The van der Waals surface area contributed by atoms with Crippen molar-refractivity contribution >= 4 is 5.84 Å². The van der Waals surface area contributed by atoms with Gasteiger partial charge in [0.15, 0.2) is 0 Å². The van der Waals surface area contributed by atoms with Crippen molar-refractivity contribution in [2.45, 2.75) is 38.3 Å². The normalized spacial score (nSPS) is 24.1. The van der Waals surface area contributed by atoms with E-state index in [0.717, 1.165) is 19.6 Å². The lowest BCUT2D eigenvalue weighted by molar-refractivity contribution is 0.0713. The zero-order valence-electron chi connectivity index (χ0n) is 9.12. The average molecular weight is 199 g/mol. The molecule has 2 atom stereocenters. The number of hydrogen-bond acceptors (Lipinski definition) is 3. The number of hydrogen-bond donors (Lipinski definition) is 2. The fourth-order valence-corrected chi connectivity index (χ4v) is 1.76. The van der Waals surface area contributed by atoms with Crippen LogP contribution in [0.4, 0.5) is 0 Å². The number of rotatable bonds is 5. The van der Waals surface area contributed by atoms with E-state index in [4.69, 9.17) is 15.9 Å². The maximum absolute atomic E-state index is 7.22. The predicted octanol–water partition coefficient (Wildman–Crippen LogP) is 0.812. The fourth-order valence-electron chi connectivity index (χ4n) is 1.76. The van der Waals surface area contributed by atoms with E-state index in [1.807, 2.05) is 0 Å². The second kappa shape index (κ2) is 5.32. The van der Waals surface area contributed by atoms with Gasteiger partial charge in [-0.2, -0.15) is 0 Å². The van der Waals surface area contributed by atoms with Gasteiger partial charge in [-0.1, -0.05) is 0 Å². The Morgan fingerprint density at radius 3 is 2.93 bits per heavy atom. The van der Waals surface area contributed by atoms with Crippen LogP contribution in [0.1, 0.15) is 26.2 Å². The molecule has 0 bridgehead atoms. The lowest BCUT2D eigenvalue weighted by Gasteiger charge is -2.26. The molecule has 1 aliphatic rings. The minimum Gasteiger partial charge on any atom is -0.388 e. The van der Waals surface area contributed by atoms with E-state index < -0.39 is 0 Å². The Morgan fingerprint density at radius 2 is 2.43 bits per heavy atom. The van der Waals surface area contributed by atoms with Crippen LogP contribution in [0.25, 0.3) is 0 Å². The Balaban J connectivity index is 2.25. The minimum atomic E-state index is 0.261. The summed E-state index contributed by atoms with van der Waals surface area (Å²) in [7, 11) is 2.06. The van der Waals surface area contributed by atoms with Crippen molar-refractivity contribution in [2.24, 2.45) is 5.73 Å². The summed E-state index contributed by atoms with van der Waals surface area (Å²) in [5.41, 5.74) is 5.36. The van der Waals surface area contributed by atoms with Crippen LogP contribution < -0.4 is 5.73 Å². The van der Waals surface area contributed by atoms with Gasteiger partial charge in [-0.05, 0) is 26.8 Å². The molecule has 0 aromatic rings. The highest BCUT2D eigenvalue weighted by Gasteiger charge is 2.19. The molecule has 1 saturated heterocycles. The molecule has 2 unspecified atom stereocenters. The van der Waals surface area contributed by atoms with E-state index in [1.165, 1.54) is 6.42 Å². The Labute approximate surface area is 85.9 Å². The summed E-state index contributed by atoms with van der Waals surface area (Å²) in [6.07, 6.45) is 3.37. The van der Waals surface area contributed by atoms with Crippen LogP contribution in [0.15, 0.2) is 0 Å². The Morgan fingerprint density at radius 1 is 1.71 bits per heavy atom. The summed E-state index contributed by atoms with van der Waals surface area (Å²) >= 11 is 0. The molecule has 1 heterocycles. The van der Waals surface area contributed by atoms with Gasteiger partial charge >= 0.3 is 0 Å². The maximum Gasteiger partial charge on any atom is 0.0920 e. The third-order valence-corrected chi connectivity index (χ3v) is 2.78. The number of nitrogens with two attached hydrogens (primary N) is 1. The molecule has 0 aromatic carbocycles. The molecule has 4 heteroatoms. The number of nitrogens with zero attached hydrogens (tertiary/aromatic N) is 1. The van der Waals surface area contributed by atoms with Crippen LogP contribution >= 0.6 is 0 Å². The van der Waals surface area contributed by atoms with Crippen molar-refractivity contribution in [2.75, 3.05) is 20.2 Å². The zero-order chi connectivity index (χ0) is 10.6. The highest BCUT2D eigenvalue weighted by molar-refractivity contribution is 5.77. The molecule has 0 radical (unpaired) electrons. The van der Waals surface area contributed by atoms with Gasteiger partial charge in [0.2, 0.25) is 0 Å². The Bertz CT molecular complexity index is 190. The molecule has 3 N–H and O–H groups in total. The first-order valence-corrected chi connectivity index (χ1v) is 5.24. The van der Waals surface area contributed by atoms with Crippen LogP contribution in [-0.4, -0.2) is 43.1 Å². The third-order valence-electron chi connectivity index (χ3n) is 2.78. The number of nitrogens with one attached hydrogen (secondary N) is 1. The number of ether oxygens (including phenoxy) is 1. The van der Waals surface area contributed by atoms with Crippen molar-refractivity contribution < 1.29 is 4.74 Å². The second-order valence-electron chi connectivity index (χ2n) is 4.15. The highest BCUT2D eigenvalue weighted by atomic mass is 16.5. The first-order chi connectivity index (χ1) is 6.59. The van der Waals surface area contributed by atoms with Crippen LogP contribution in [0.3, 0.4) is 0 Å². The van der Waals surface area contributed by atoms with Crippen LogP contribution in [0, 0.1) is 5.41 Å². The molecule has 0 aliphatic carbocycles. The number of amidine groups is 1. The largest absolute Gasteiger partial charge is 0.388 e. The molecule has 0 aromatic heterocycles. The topological polar surface area (TPSA) is 62.3 Å². The van der Waals surface area contributed by atoms with Crippen molar-refractivity contribution in [3.05, 3.63) is 0 Å². The van der Waals surface area contributed by atoms with Crippen molar-refractivity contribution in [3.8, 4) is 0 Å². The summed E-state index contributed by atoms with van der Waals surface area (Å²) < 4.78 is 5.55. The van der Waals surface area contributed by atoms with Crippen LogP contribution in [0.5, 0.6) is 0 Å². The quantitative estimate of drug-likeness (QED) is 0.509. The highest BCUT2D eigenvalue weighted by Crippen LogP contribution is 2.14. The lowest BCUT2D eigenvalue weighted by atomic mass is 10.1. The Hall–Kier alpha value is -0.610. The van der Waals surface area contributed by atoms with Gasteiger partial charge in [-0.15, -0.1) is 0 Å². The van der Waals surface area contributed by atoms with Gasteiger partial charge in [0.1, 0.15) is 0 Å². The van der Waals surface area contributed by atoms with Crippen LogP contribution in [0.2, 0.25) is 0 Å². The summed E-state index contributed by atoms with van der Waals surface area (Å²) in [6, 6.07) is 0.330. The van der Waals surface area contributed by atoms with Gasteiger partial charge in [0.25, 0.3) is 0 Å². The zero-order valence-corrected chi connectivity index (χ0v) is 9.12. The van der Waals surface area contributed by atoms with Gasteiger partial charge in [0, 0.05) is 25.6 Å². The Kier molecular flexibility index (Phi) is 4.35. The lowest BCUT2D eigenvalue weighted by Crippen LogP contribution is -2.37. The predicted molar refractivity (Wildman–Crippen MR) is 57.6 cm³/mol. The minimum absolute atomic E-state index is 0.261. The van der Waals surface area contributed by atoms with Gasteiger partial charge < -0.3 is 15.4 Å². The maximum atomic E-state index is 7.22. The molecule has 4 nitrogen and oxygen atoms in total. The molecule has 14 heavy (non-hydrogen) atoms. The van der Waals surface area contributed by atoms with Gasteiger partial charge in [-0.3, -0.25) is 5.41 Å². The van der Waals surface area contributed by atoms with Gasteiger partial charge in [0.05, 0.1) is 11.9 Å². The molecule has 0 spiro atoms. The third kappa shape index (κ3) is 3.64. The number of likely N-dealkylation sites (N-methyl/N-ethyl adjacent to an activating group) is 1. The molecule has 0 saturated carbocycles. The molecule has 1 fully saturated rings. The fraction of sp³-hybridized carbons (Fsp3) is 0.900. The van der Waals surface area contributed by atoms with E-state index in [0.29, 0.717) is 18.6 Å². The molecule has 0 amide bonds. The summed E-state index contributed by atoms with van der Waals surface area (Å²) in [4.78, 5) is 2.22. The second-order valence-corrected chi connectivity index (χ2v) is 4.15. The van der Waals surface area contributed by atoms with E-state index in [2.05, 4.69) is 18.9 Å². The monoisotopic (exact) mass is 199 g/mol. The van der Waals surface area contributed by atoms with E-state index >= 15 is 0 Å².